The van der Waals surface area contributed by atoms with Crippen LogP contribution in [0.5, 0.6) is 5.75 Å². The molecule has 2 heterocycles. The van der Waals surface area contributed by atoms with Crippen LogP contribution in [0.25, 0.3) is 31.6 Å². The number of aliphatic hydroxyl groups is 1. The number of carbonyl (C=O) groups excluding carboxylic acids is 1. The number of amides is 1. The highest BCUT2D eigenvalue weighted by molar-refractivity contribution is 7.22. The maximum absolute atomic E-state index is 13.3. The topological polar surface area (TPSA) is 78.5 Å². The van der Waals surface area contributed by atoms with E-state index in [1.807, 2.05) is 38.1 Å². The van der Waals surface area contributed by atoms with Gasteiger partial charge >= 0.3 is 0 Å². The number of H-pyrrole nitrogens is 1. The lowest BCUT2D eigenvalue weighted by molar-refractivity contribution is 0.0585. The Bertz CT molecular complexity index is 1180. The quantitative estimate of drug-likeness (QED) is 0.477. The molecule has 0 unspecified atom stereocenters. The Morgan fingerprint density at radius 2 is 2.03 bits per heavy atom. The van der Waals surface area contributed by atoms with Gasteiger partial charge in [-0.3, -0.25) is 9.89 Å². The van der Waals surface area contributed by atoms with E-state index in [9.17, 15) is 9.90 Å². The number of likely N-dealkylation sites (N-methyl/N-ethyl adjacent to an activating group) is 1. The molecule has 0 aliphatic carbocycles. The Labute approximate surface area is 179 Å². The largest absolute Gasteiger partial charge is 0.496 e. The molecule has 156 valence electrons. The number of nitrogens with zero attached hydrogens (tertiary/aromatic N) is 2. The van der Waals surface area contributed by atoms with Crippen LogP contribution in [0.4, 0.5) is 0 Å². The number of ether oxygens (including phenoxy) is 1. The fraction of sp³-hybridized carbons (Fsp3) is 0.304. The van der Waals surface area contributed by atoms with E-state index in [1.165, 1.54) is 10.1 Å². The van der Waals surface area contributed by atoms with Crippen LogP contribution in [0, 0.1) is 5.92 Å². The number of aromatic nitrogens is 2. The SMILES string of the molecule is COc1cc2[nH]nc(-c3cc4ccccc4s3)c2cc1C(=O)N(C)[C@H](CO)C(C)C. The minimum absolute atomic E-state index is 0.0940. The highest BCUT2D eigenvalue weighted by Gasteiger charge is 2.26. The van der Waals surface area contributed by atoms with Gasteiger partial charge in [-0.25, -0.2) is 0 Å². The van der Waals surface area contributed by atoms with Crippen LogP contribution < -0.4 is 4.74 Å². The Morgan fingerprint density at radius 3 is 2.70 bits per heavy atom. The Balaban J connectivity index is 1.82. The summed E-state index contributed by atoms with van der Waals surface area (Å²) < 4.78 is 6.70. The van der Waals surface area contributed by atoms with Gasteiger partial charge in [0.2, 0.25) is 0 Å². The van der Waals surface area contributed by atoms with Crippen LogP contribution in [0.3, 0.4) is 0 Å². The Morgan fingerprint density at radius 1 is 1.27 bits per heavy atom. The molecule has 30 heavy (non-hydrogen) atoms. The number of thiophene rings is 1. The van der Waals surface area contributed by atoms with Crippen molar-refractivity contribution in [2.75, 3.05) is 20.8 Å². The molecule has 0 saturated carbocycles. The van der Waals surface area contributed by atoms with E-state index in [0.717, 1.165) is 21.5 Å². The second kappa shape index (κ2) is 8.08. The first-order valence-electron chi connectivity index (χ1n) is 9.87. The minimum atomic E-state index is -0.274. The van der Waals surface area contributed by atoms with Gasteiger partial charge in [0.15, 0.2) is 0 Å². The van der Waals surface area contributed by atoms with Crippen molar-refractivity contribution in [3.05, 3.63) is 48.0 Å². The fourth-order valence-electron chi connectivity index (χ4n) is 3.79. The fourth-order valence-corrected chi connectivity index (χ4v) is 4.85. The summed E-state index contributed by atoms with van der Waals surface area (Å²) in [6.45, 7) is 3.88. The maximum atomic E-state index is 13.3. The number of aliphatic hydroxyl groups excluding tert-OH is 1. The molecule has 2 aromatic carbocycles. The number of hydrogen-bond acceptors (Lipinski definition) is 5. The summed E-state index contributed by atoms with van der Waals surface area (Å²) in [6, 6.07) is 13.7. The number of hydrogen-bond donors (Lipinski definition) is 2. The van der Waals surface area contributed by atoms with Gasteiger partial charge in [-0.2, -0.15) is 5.10 Å². The van der Waals surface area contributed by atoms with Crippen molar-refractivity contribution in [3.63, 3.8) is 0 Å². The summed E-state index contributed by atoms with van der Waals surface area (Å²) in [7, 11) is 3.27. The molecule has 0 bridgehead atoms. The number of methoxy groups -OCH3 is 1. The monoisotopic (exact) mass is 423 g/mol. The van der Waals surface area contributed by atoms with Crippen LogP contribution in [0.15, 0.2) is 42.5 Å². The predicted molar refractivity (Wildman–Crippen MR) is 121 cm³/mol. The molecule has 0 aliphatic heterocycles. The molecule has 0 aliphatic rings. The second-order valence-electron chi connectivity index (χ2n) is 7.73. The average molecular weight is 424 g/mol. The lowest BCUT2D eigenvalue weighted by Crippen LogP contribution is -2.42. The number of rotatable bonds is 6. The van der Waals surface area contributed by atoms with Crippen molar-refractivity contribution in [3.8, 4) is 16.3 Å². The van der Waals surface area contributed by atoms with E-state index in [2.05, 4.69) is 28.4 Å². The van der Waals surface area contributed by atoms with Crippen LogP contribution in [-0.2, 0) is 0 Å². The lowest BCUT2D eigenvalue weighted by Gasteiger charge is -2.30. The molecule has 2 N–H and O–H groups in total. The van der Waals surface area contributed by atoms with Gasteiger partial charge in [0, 0.05) is 23.2 Å². The summed E-state index contributed by atoms with van der Waals surface area (Å²) in [5.41, 5.74) is 2.07. The molecular formula is C23H25N3O3S. The normalized spacial score (nSPS) is 12.6. The van der Waals surface area contributed by atoms with Crippen molar-refractivity contribution in [2.45, 2.75) is 19.9 Å². The average Bonchev–Trinajstić information content (AvgIpc) is 3.35. The minimum Gasteiger partial charge on any atom is -0.496 e. The van der Waals surface area contributed by atoms with E-state index >= 15 is 0 Å². The molecule has 6 nitrogen and oxygen atoms in total. The van der Waals surface area contributed by atoms with Crippen molar-refractivity contribution in [1.82, 2.24) is 15.1 Å². The van der Waals surface area contributed by atoms with Crippen LogP contribution in [-0.4, -0.2) is 52.9 Å². The molecule has 4 aromatic rings. The second-order valence-corrected chi connectivity index (χ2v) is 8.81. The van der Waals surface area contributed by atoms with Crippen molar-refractivity contribution in [1.29, 1.82) is 0 Å². The summed E-state index contributed by atoms with van der Waals surface area (Å²) in [4.78, 5) is 15.9. The molecule has 0 saturated heterocycles. The first kappa shape index (κ1) is 20.4. The number of fused-ring (bicyclic) bond motifs is 2. The van der Waals surface area contributed by atoms with E-state index in [-0.39, 0.29) is 24.5 Å². The molecule has 1 amide bonds. The number of aromatic amines is 1. The zero-order valence-corrected chi connectivity index (χ0v) is 18.3. The van der Waals surface area contributed by atoms with E-state index in [4.69, 9.17) is 4.74 Å². The maximum Gasteiger partial charge on any atom is 0.257 e. The van der Waals surface area contributed by atoms with Crippen LogP contribution >= 0.6 is 11.3 Å². The van der Waals surface area contributed by atoms with Gasteiger partial charge in [0.1, 0.15) is 11.4 Å². The van der Waals surface area contributed by atoms with Gasteiger partial charge in [-0.15, -0.1) is 11.3 Å². The third-order valence-electron chi connectivity index (χ3n) is 5.55. The van der Waals surface area contributed by atoms with E-state index in [1.54, 1.807) is 30.4 Å². The van der Waals surface area contributed by atoms with Crippen molar-refractivity contribution in [2.24, 2.45) is 5.92 Å². The summed E-state index contributed by atoms with van der Waals surface area (Å²) in [5, 5.41) is 19.4. The number of nitrogens with one attached hydrogen (secondary N) is 1. The zero-order valence-electron chi connectivity index (χ0n) is 17.5. The predicted octanol–water partition coefficient (Wildman–Crippen LogP) is 4.54. The summed E-state index contributed by atoms with van der Waals surface area (Å²) >= 11 is 1.67. The van der Waals surface area contributed by atoms with Gasteiger partial charge in [-0.05, 0) is 29.5 Å². The molecule has 2 aromatic heterocycles. The van der Waals surface area contributed by atoms with E-state index < -0.39 is 0 Å². The van der Waals surface area contributed by atoms with Crippen LogP contribution in [0.1, 0.15) is 24.2 Å². The molecule has 7 heteroatoms. The molecule has 0 spiro atoms. The smallest absolute Gasteiger partial charge is 0.257 e. The third-order valence-corrected chi connectivity index (χ3v) is 6.67. The number of carbonyl (C=O) groups is 1. The van der Waals surface area contributed by atoms with Gasteiger partial charge in [-0.1, -0.05) is 32.0 Å². The van der Waals surface area contributed by atoms with Crippen molar-refractivity contribution >= 4 is 38.2 Å². The first-order valence-corrected chi connectivity index (χ1v) is 10.7. The molecule has 4 rings (SSSR count). The highest BCUT2D eigenvalue weighted by atomic mass is 32.1. The summed E-state index contributed by atoms with van der Waals surface area (Å²) in [6.07, 6.45) is 0. The molecule has 1 atom stereocenters. The molecule has 0 radical (unpaired) electrons. The van der Waals surface area contributed by atoms with Crippen molar-refractivity contribution < 1.29 is 14.6 Å². The molecular weight excluding hydrogens is 398 g/mol. The highest BCUT2D eigenvalue weighted by Crippen LogP contribution is 2.38. The zero-order chi connectivity index (χ0) is 21.4. The number of benzene rings is 2. The van der Waals surface area contributed by atoms with Crippen LogP contribution in [0.2, 0.25) is 0 Å². The van der Waals surface area contributed by atoms with Gasteiger partial charge < -0.3 is 14.7 Å². The lowest BCUT2D eigenvalue weighted by atomic mass is 10.0. The molecule has 0 fully saturated rings. The summed E-state index contributed by atoms with van der Waals surface area (Å²) in [5.74, 6) is 0.415. The standard InChI is InChI=1S/C23H25N3O3S/c1-13(2)18(12-27)26(3)23(28)16-10-15-17(11-19(16)29-4)24-25-22(15)21-9-14-7-5-6-8-20(14)30-21/h5-11,13,18,27H,12H2,1-4H3,(H,24,25)/t18-/m1/s1. The first-order chi connectivity index (χ1) is 14.4. The van der Waals surface area contributed by atoms with Gasteiger partial charge in [0.25, 0.3) is 5.91 Å². The van der Waals surface area contributed by atoms with Gasteiger partial charge in [0.05, 0.1) is 35.7 Å². The third kappa shape index (κ3) is 3.44. The Kier molecular flexibility index (Phi) is 5.49. The Hall–Kier alpha value is -2.90. The van der Waals surface area contributed by atoms with E-state index in [0.29, 0.717) is 11.3 Å².